The summed E-state index contributed by atoms with van der Waals surface area (Å²) in [5.74, 6) is 1.09. The maximum atomic E-state index is 4.71. The Morgan fingerprint density at radius 3 is 2.67 bits per heavy atom. The molecular formula is C14H20N4. The molecule has 96 valence electrons. The third-order valence-corrected chi connectivity index (χ3v) is 3.92. The summed E-state index contributed by atoms with van der Waals surface area (Å²) >= 11 is 0. The van der Waals surface area contributed by atoms with Crippen molar-refractivity contribution in [1.82, 2.24) is 14.4 Å². The molecule has 0 aromatic carbocycles. The standard InChI is InChI=1S/C14H20N4/c1-11-9-18-10-15-8-12(18)13(16-11)17-6-4-14(2,3)5-7-17/h8-10H,4-7H2,1-3H3. The van der Waals surface area contributed by atoms with Crippen molar-refractivity contribution in [1.29, 1.82) is 0 Å². The number of hydrogen-bond donors (Lipinski definition) is 0. The number of hydrogen-bond acceptors (Lipinski definition) is 3. The fourth-order valence-electron chi connectivity index (χ4n) is 2.59. The van der Waals surface area contributed by atoms with E-state index in [4.69, 9.17) is 4.98 Å². The Labute approximate surface area is 108 Å². The Morgan fingerprint density at radius 2 is 1.94 bits per heavy atom. The molecule has 4 heteroatoms. The van der Waals surface area contributed by atoms with E-state index >= 15 is 0 Å². The fraction of sp³-hybridized carbons (Fsp3) is 0.571. The first-order chi connectivity index (χ1) is 8.55. The molecule has 18 heavy (non-hydrogen) atoms. The van der Waals surface area contributed by atoms with Gasteiger partial charge in [0.1, 0.15) is 5.52 Å². The van der Waals surface area contributed by atoms with Crippen molar-refractivity contribution in [3.8, 4) is 0 Å². The first kappa shape index (κ1) is 11.5. The molecule has 1 aliphatic heterocycles. The molecule has 0 radical (unpaired) electrons. The zero-order chi connectivity index (χ0) is 12.8. The van der Waals surface area contributed by atoms with Crippen molar-refractivity contribution in [2.24, 2.45) is 5.41 Å². The minimum atomic E-state index is 0.469. The quantitative estimate of drug-likeness (QED) is 0.773. The molecule has 0 unspecified atom stereocenters. The van der Waals surface area contributed by atoms with Crippen LogP contribution in [0.3, 0.4) is 0 Å². The molecule has 1 saturated heterocycles. The molecule has 4 nitrogen and oxygen atoms in total. The van der Waals surface area contributed by atoms with Crippen LogP contribution in [0.15, 0.2) is 18.7 Å². The molecule has 0 saturated carbocycles. The molecule has 2 aromatic rings. The second kappa shape index (κ2) is 3.97. The molecular weight excluding hydrogens is 224 g/mol. The maximum Gasteiger partial charge on any atom is 0.154 e. The topological polar surface area (TPSA) is 33.4 Å². The third-order valence-electron chi connectivity index (χ3n) is 3.92. The summed E-state index contributed by atoms with van der Waals surface area (Å²) in [7, 11) is 0. The highest BCUT2D eigenvalue weighted by atomic mass is 15.2. The first-order valence-corrected chi connectivity index (χ1v) is 6.59. The van der Waals surface area contributed by atoms with E-state index in [2.05, 4.69) is 28.1 Å². The van der Waals surface area contributed by atoms with Crippen LogP contribution < -0.4 is 4.90 Å². The van der Waals surface area contributed by atoms with Crippen LogP contribution in [-0.2, 0) is 0 Å². The lowest BCUT2D eigenvalue weighted by Crippen LogP contribution is -2.38. The Hall–Kier alpha value is -1.58. The highest BCUT2D eigenvalue weighted by molar-refractivity contribution is 5.68. The SMILES string of the molecule is Cc1cn2cncc2c(N2CCC(C)(C)CC2)n1. The summed E-state index contributed by atoms with van der Waals surface area (Å²) in [6.45, 7) is 8.91. The maximum absolute atomic E-state index is 4.71. The minimum absolute atomic E-state index is 0.469. The van der Waals surface area contributed by atoms with E-state index < -0.39 is 0 Å². The number of aryl methyl sites for hydroxylation is 1. The predicted molar refractivity (Wildman–Crippen MR) is 73.0 cm³/mol. The molecule has 0 aliphatic carbocycles. The zero-order valence-corrected chi connectivity index (χ0v) is 11.3. The Bertz CT molecular complexity index is 560. The molecule has 1 aliphatic rings. The van der Waals surface area contributed by atoms with E-state index in [1.165, 1.54) is 12.8 Å². The van der Waals surface area contributed by atoms with Crippen LogP contribution in [0.25, 0.3) is 5.52 Å². The van der Waals surface area contributed by atoms with Gasteiger partial charge in [-0.05, 0) is 25.2 Å². The van der Waals surface area contributed by atoms with Gasteiger partial charge in [0, 0.05) is 19.3 Å². The number of fused-ring (bicyclic) bond motifs is 1. The Kier molecular flexibility index (Phi) is 2.54. The van der Waals surface area contributed by atoms with E-state index in [1.807, 2.05) is 25.6 Å². The molecule has 0 atom stereocenters. The Balaban J connectivity index is 1.97. The summed E-state index contributed by atoms with van der Waals surface area (Å²) in [5, 5.41) is 0. The minimum Gasteiger partial charge on any atom is -0.355 e. The van der Waals surface area contributed by atoms with Crippen molar-refractivity contribution in [2.45, 2.75) is 33.6 Å². The molecule has 0 amide bonds. The normalized spacial score (nSPS) is 19.4. The highest BCUT2D eigenvalue weighted by Gasteiger charge is 2.27. The van der Waals surface area contributed by atoms with Gasteiger partial charge in [-0.1, -0.05) is 13.8 Å². The van der Waals surface area contributed by atoms with E-state index in [1.54, 1.807) is 0 Å². The largest absolute Gasteiger partial charge is 0.355 e. The van der Waals surface area contributed by atoms with Crippen molar-refractivity contribution >= 4 is 11.3 Å². The van der Waals surface area contributed by atoms with Crippen molar-refractivity contribution < 1.29 is 0 Å². The van der Waals surface area contributed by atoms with Gasteiger partial charge in [0.05, 0.1) is 18.2 Å². The summed E-state index contributed by atoms with van der Waals surface area (Å²) in [6.07, 6.45) is 8.23. The monoisotopic (exact) mass is 244 g/mol. The van der Waals surface area contributed by atoms with Gasteiger partial charge in [0.25, 0.3) is 0 Å². The summed E-state index contributed by atoms with van der Waals surface area (Å²) in [6, 6.07) is 0. The van der Waals surface area contributed by atoms with Gasteiger partial charge in [-0.15, -0.1) is 0 Å². The van der Waals surface area contributed by atoms with Gasteiger partial charge in [-0.2, -0.15) is 0 Å². The predicted octanol–water partition coefficient (Wildman–Crippen LogP) is 2.66. The molecule has 3 heterocycles. The number of imidazole rings is 1. The van der Waals surface area contributed by atoms with Gasteiger partial charge < -0.3 is 9.30 Å². The lowest BCUT2D eigenvalue weighted by atomic mass is 9.83. The average Bonchev–Trinajstić information content (AvgIpc) is 2.76. The second-order valence-corrected chi connectivity index (χ2v) is 6.04. The van der Waals surface area contributed by atoms with Crippen LogP contribution in [0.1, 0.15) is 32.4 Å². The highest BCUT2D eigenvalue weighted by Crippen LogP contribution is 2.32. The van der Waals surface area contributed by atoms with Crippen molar-refractivity contribution in [3.05, 3.63) is 24.4 Å². The van der Waals surface area contributed by atoms with Gasteiger partial charge in [-0.25, -0.2) is 9.97 Å². The molecule has 3 rings (SSSR count). The van der Waals surface area contributed by atoms with Gasteiger partial charge >= 0.3 is 0 Å². The number of nitrogens with zero attached hydrogens (tertiary/aromatic N) is 4. The molecule has 0 spiro atoms. The zero-order valence-electron chi connectivity index (χ0n) is 11.3. The van der Waals surface area contributed by atoms with E-state index in [0.717, 1.165) is 30.1 Å². The first-order valence-electron chi connectivity index (χ1n) is 6.59. The van der Waals surface area contributed by atoms with Gasteiger partial charge in [0.15, 0.2) is 5.82 Å². The summed E-state index contributed by atoms with van der Waals surface area (Å²) in [4.78, 5) is 11.3. The lowest BCUT2D eigenvalue weighted by Gasteiger charge is -2.37. The van der Waals surface area contributed by atoms with Crippen LogP contribution >= 0.6 is 0 Å². The smallest absolute Gasteiger partial charge is 0.154 e. The van der Waals surface area contributed by atoms with E-state index in [-0.39, 0.29) is 0 Å². The number of aromatic nitrogens is 3. The lowest BCUT2D eigenvalue weighted by molar-refractivity contribution is 0.279. The molecule has 1 fully saturated rings. The third kappa shape index (κ3) is 1.96. The van der Waals surface area contributed by atoms with E-state index in [0.29, 0.717) is 5.41 Å². The fourth-order valence-corrected chi connectivity index (χ4v) is 2.59. The molecule has 0 bridgehead atoms. The van der Waals surface area contributed by atoms with Crippen LogP contribution in [0.2, 0.25) is 0 Å². The van der Waals surface area contributed by atoms with Crippen LogP contribution in [0, 0.1) is 12.3 Å². The second-order valence-electron chi connectivity index (χ2n) is 6.04. The van der Waals surface area contributed by atoms with E-state index in [9.17, 15) is 0 Å². The van der Waals surface area contributed by atoms with Crippen molar-refractivity contribution in [3.63, 3.8) is 0 Å². The molecule has 0 N–H and O–H groups in total. The number of piperidine rings is 1. The Morgan fingerprint density at radius 1 is 1.22 bits per heavy atom. The van der Waals surface area contributed by atoms with Crippen LogP contribution in [0.4, 0.5) is 5.82 Å². The van der Waals surface area contributed by atoms with Crippen LogP contribution in [-0.4, -0.2) is 27.5 Å². The average molecular weight is 244 g/mol. The number of rotatable bonds is 1. The van der Waals surface area contributed by atoms with Crippen LogP contribution in [0.5, 0.6) is 0 Å². The summed E-state index contributed by atoms with van der Waals surface area (Å²) < 4.78 is 2.07. The van der Waals surface area contributed by atoms with Gasteiger partial charge in [0.2, 0.25) is 0 Å². The molecule has 2 aromatic heterocycles. The number of anilines is 1. The summed E-state index contributed by atoms with van der Waals surface area (Å²) in [5.41, 5.74) is 2.62. The van der Waals surface area contributed by atoms with Crippen molar-refractivity contribution in [2.75, 3.05) is 18.0 Å². The van der Waals surface area contributed by atoms with Gasteiger partial charge in [-0.3, -0.25) is 0 Å².